The normalized spacial score (nSPS) is 15.8. The first-order valence-electron chi connectivity index (χ1n) is 17.8. The minimum absolute atomic E-state index is 0.386. The fraction of sp³-hybridized carbons (Fsp3) is 0.0870. The first-order chi connectivity index (χ1) is 25.7. The lowest BCUT2D eigenvalue weighted by Gasteiger charge is -2.28. The van der Waals surface area contributed by atoms with Crippen LogP contribution in [0.1, 0.15) is 47.7 Å². The standard InChI is InChI=1S/C46H34N4O2/c1-2-51-46-44-41(30-18-10-5-11-19-30)37-26-24-35(48-37)39(28-14-6-3-7-15-28)33-22-23-34(47-33)40(29-16-8-4-9-17-29)36-25-27-38(49-36)42-31-20-12-13-21-32(31)45(52-46)43(42)50-44/h3-27,45-46,48-49H,2H2,1H3/t45-,46+/m1/s1. The van der Waals surface area contributed by atoms with Crippen LogP contribution in [0.4, 0.5) is 0 Å². The van der Waals surface area contributed by atoms with Gasteiger partial charge in [-0.25, -0.2) is 9.97 Å². The first kappa shape index (κ1) is 30.5. The first-order valence-corrected chi connectivity index (χ1v) is 17.8. The number of nitrogens with one attached hydrogen (secondary N) is 2. The van der Waals surface area contributed by atoms with Gasteiger partial charge in [-0.1, -0.05) is 115 Å². The molecule has 2 N–H and O–H groups in total. The van der Waals surface area contributed by atoms with E-state index in [-0.39, 0.29) is 6.10 Å². The van der Waals surface area contributed by atoms with Crippen molar-refractivity contribution in [1.29, 1.82) is 0 Å². The number of hydrogen-bond donors (Lipinski definition) is 2. The molecule has 5 heterocycles. The van der Waals surface area contributed by atoms with Crippen LogP contribution in [0, 0.1) is 0 Å². The summed E-state index contributed by atoms with van der Waals surface area (Å²) in [5.74, 6) is 0. The average molecular weight is 675 g/mol. The Kier molecular flexibility index (Phi) is 7.30. The largest absolute Gasteiger partial charge is 0.354 e. The molecule has 0 fully saturated rings. The molecule has 52 heavy (non-hydrogen) atoms. The zero-order valence-corrected chi connectivity index (χ0v) is 28.5. The Morgan fingerprint density at radius 1 is 0.519 bits per heavy atom. The summed E-state index contributed by atoms with van der Waals surface area (Å²) in [6.45, 7) is 2.47. The molecule has 4 aromatic carbocycles. The van der Waals surface area contributed by atoms with E-state index >= 15 is 0 Å². The highest BCUT2D eigenvalue weighted by atomic mass is 16.7. The Morgan fingerprint density at radius 3 is 1.56 bits per heavy atom. The molecule has 0 saturated heterocycles. The number of hydrogen-bond acceptors (Lipinski definition) is 4. The minimum atomic E-state index is -0.693. The molecule has 3 aliphatic rings. The lowest BCUT2D eigenvalue weighted by molar-refractivity contribution is -0.173. The number of ether oxygens (including phenoxy) is 2. The topological polar surface area (TPSA) is 75.8 Å². The van der Waals surface area contributed by atoms with Crippen LogP contribution in [0.3, 0.4) is 0 Å². The van der Waals surface area contributed by atoms with E-state index in [0.29, 0.717) is 6.61 Å². The van der Waals surface area contributed by atoms with Gasteiger partial charge in [-0.15, -0.1) is 0 Å². The van der Waals surface area contributed by atoms with Crippen molar-refractivity contribution in [2.45, 2.75) is 19.3 Å². The third-order valence-corrected chi connectivity index (χ3v) is 10.1. The fourth-order valence-corrected chi connectivity index (χ4v) is 7.87. The van der Waals surface area contributed by atoms with Crippen LogP contribution in [-0.2, 0) is 9.47 Å². The van der Waals surface area contributed by atoms with Crippen molar-refractivity contribution in [3.8, 4) is 44.5 Å². The van der Waals surface area contributed by atoms with E-state index in [4.69, 9.17) is 19.4 Å². The molecule has 0 amide bonds. The van der Waals surface area contributed by atoms with E-state index in [1.165, 1.54) is 0 Å². The zero-order valence-electron chi connectivity index (χ0n) is 28.5. The van der Waals surface area contributed by atoms with Crippen LogP contribution in [0.2, 0.25) is 0 Å². The number of aromatic amines is 2. The Hall–Kier alpha value is -6.34. The second-order valence-electron chi connectivity index (χ2n) is 13.2. The van der Waals surface area contributed by atoms with Gasteiger partial charge in [-0.3, -0.25) is 0 Å². The van der Waals surface area contributed by atoms with Crippen molar-refractivity contribution < 1.29 is 9.47 Å². The zero-order chi connectivity index (χ0) is 34.6. The number of H-pyrrole nitrogens is 2. The molecule has 0 unspecified atom stereocenters. The Balaban J connectivity index is 1.43. The summed E-state index contributed by atoms with van der Waals surface area (Å²) in [6.07, 6.45) is 3.18. The van der Waals surface area contributed by atoms with Gasteiger partial charge in [0.05, 0.1) is 17.1 Å². The van der Waals surface area contributed by atoms with Gasteiger partial charge >= 0.3 is 0 Å². The van der Waals surface area contributed by atoms with Crippen LogP contribution >= 0.6 is 0 Å². The van der Waals surface area contributed by atoms with E-state index in [9.17, 15) is 0 Å². The third-order valence-electron chi connectivity index (χ3n) is 10.1. The highest BCUT2D eigenvalue weighted by Gasteiger charge is 2.39. The highest BCUT2D eigenvalue weighted by Crippen LogP contribution is 2.51. The second kappa shape index (κ2) is 12.5. The summed E-state index contributed by atoms with van der Waals surface area (Å²) in [5, 5.41) is 0. The third kappa shape index (κ3) is 4.95. The van der Waals surface area contributed by atoms with Gasteiger partial charge in [-0.2, -0.15) is 0 Å². The van der Waals surface area contributed by atoms with E-state index < -0.39 is 6.29 Å². The monoisotopic (exact) mass is 674 g/mol. The Bertz CT molecular complexity index is 2680. The van der Waals surface area contributed by atoms with Crippen LogP contribution < -0.4 is 0 Å². The summed E-state index contributed by atoms with van der Waals surface area (Å²) >= 11 is 0. The van der Waals surface area contributed by atoms with Crippen LogP contribution in [0.5, 0.6) is 0 Å². The molecular weight excluding hydrogens is 641 g/mol. The van der Waals surface area contributed by atoms with Crippen molar-refractivity contribution in [2.24, 2.45) is 0 Å². The van der Waals surface area contributed by atoms with Crippen molar-refractivity contribution in [2.75, 3.05) is 6.61 Å². The maximum Gasteiger partial charge on any atom is 0.202 e. The van der Waals surface area contributed by atoms with Gasteiger partial charge < -0.3 is 19.4 Å². The maximum absolute atomic E-state index is 6.99. The minimum Gasteiger partial charge on any atom is -0.354 e. The van der Waals surface area contributed by atoms with Crippen LogP contribution in [-0.4, -0.2) is 26.5 Å². The Labute approximate surface area is 301 Å². The van der Waals surface area contributed by atoms with E-state index in [1.807, 2.05) is 25.1 Å². The molecule has 0 spiro atoms. The lowest BCUT2D eigenvalue weighted by Crippen LogP contribution is -2.20. The van der Waals surface area contributed by atoms with E-state index in [0.717, 1.165) is 94.9 Å². The number of benzene rings is 4. The number of aromatic nitrogens is 4. The Morgan fingerprint density at radius 2 is 1.00 bits per heavy atom. The smallest absolute Gasteiger partial charge is 0.202 e. The van der Waals surface area contributed by atoms with Gasteiger partial charge in [0, 0.05) is 50.9 Å². The second-order valence-corrected chi connectivity index (χ2v) is 13.2. The lowest BCUT2D eigenvalue weighted by atomic mass is 10.0. The van der Waals surface area contributed by atoms with E-state index in [2.05, 4.69) is 143 Å². The van der Waals surface area contributed by atoms with Crippen LogP contribution in [0.25, 0.3) is 78.7 Å². The van der Waals surface area contributed by atoms with Gasteiger partial charge in [0.25, 0.3) is 0 Å². The number of nitrogens with zero attached hydrogens (tertiary/aromatic N) is 2. The molecule has 1 aliphatic carbocycles. The summed E-state index contributed by atoms with van der Waals surface area (Å²) in [7, 11) is 0. The molecule has 6 nitrogen and oxygen atoms in total. The summed E-state index contributed by atoms with van der Waals surface area (Å²) < 4.78 is 13.4. The van der Waals surface area contributed by atoms with Crippen molar-refractivity contribution in [3.63, 3.8) is 0 Å². The summed E-state index contributed by atoms with van der Waals surface area (Å²) in [4.78, 5) is 18.6. The molecular formula is C46H34N4O2. The quantitative estimate of drug-likeness (QED) is 0.190. The molecule has 7 aromatic rings. The van der Waals surface area contributed by atoms with Gasteiger partial charge in [0.15, 0.2) is 0 Å². The SMILES string of the molecule is CCO[C@H]1O[C@@H]2c3ccccc3-c3c2nc1c(-c1ccccc1)c1ccc([nH]1)c(-c1ccccc1)c1nc(c(-c2ccccc2)c2ccc3[nH]2)C=C1. The van der Waals surface area contributed by atoms with Gasteiger partial charge in [0.2, 0.25) is 6.29 Å². The molecule has 0 radical (unpaired) electrons. The molecule has 3 aromatic heterocycles. The number of rotatable bonds is 5. The molecule has 0 saturated carbocycles. The maximum atomic E-state index is 6.99. The van der Waals surface area contributed by atoms with E-state index in [1.54, 1.807) is 0 Å². The molecule has 2 atom stereocenters. The fourth-order valence-electron chi connectivity index (χ4n) is 7.87. The molecule has 6 heteroatoms. The predicted octanol–water partition coefficient (Wildman–Crippen LogP) is 11.3. The molecule has 8 bridgehead atoms. The number of fused-ring (bicyclic) bond motifs is 11. The van der Waals surface area contributed by atoms with Crippen molar-refractivity contribution in [1.82, 2.24) is 19.9 Å². The predicted molar refractivity (Wildman–Crippen MR) is 209 cm³/mol. The highest BCUT2D eigenvalue weighted by molar-refractivity contribution is 5.98. The van der Waals surface area contributed by atoms with Gasteiger partial charge in [0.1, 0.15) is 11.8 Å². The summed E-state index contributed by atoms with van der Waals surface area (Å²) in [5.41, 5.74) is 16.5. The van der Waals surface area contributed by atoms with Crippen molar-refractivity contribution >= 4 is 34.2 Å². The average Bonchev–Trinajstić information content (AvgIpc) is 4.01. The van der Waals surface area contributed by atoms with Gasteiger partial charge in [-0.05, 0) is 71.2 Å². The summed E-state index contributed by atoms with van der Waals surface area (Å²) in [6, 6.07) is 48.4. The molecule has 250 valence electrons. The molecule has 2 aliphatic heterocycles. The van der Waals surface area contributed by atoms with Crippen LogP contribution in [0.15, 0.2) is 140 Å². The van der Waals surface area contributed by atoms with Crippen molar-refractivity contribution in [3.05, 3.63) is 168 Å². The molecule has 10 rings (SSSR count).